The van der Waals surface area contributed by atoms with Crippen molar-refractivity contribution in [1.82, 2.24) is 14.5 Å². The molecule has 10 nitrogen and oxygen atoms in total. The molecule has 2 heterocycles. The highest BCUT2D eigenvalue weighted by Gasteiger charge is 2.31. The van der Waals surface area contributed by atoms with Crippen molar-refractivity contribution >= 4 is 44.2 Å². The minimum atomic E-state index is -3.68. The van der Waals surface area contributed by atoms with Gasteiger partial charge in [-0.1, -0.05) is 26.2 Å². The van der Waals surface area contributed by atoms with Crippen LogP contribution in [0, 0.1) is 0 Å². The molecule has 1 saturated carbocycles. The molecule has 38 heavy (non-hydrogen) atoms. The Hall–Kier alpha value is -2.80. The molecule has 4 N–H and O–H groups in total. The lowest BCUT2D eigenvalue weighted by Gasteiger charge is -2.30. The molecular formula is C26H35N5O5S2. The van der Waals surface area contributed by atoms with E-state index in [2.05, 4.69) is 22.5 Å². The number of thiophene rings is 1. The third kappa shape index (κ3) is 6.09. The zero-order valence-corrected chi connectivity index (χ0v) is 23.4. The van der Waals surface area contributed by atoms with Crippen LogP contribution in [0.5, 0.6) is 0 Å². The van der Waals surface area contributed by atoms with Crippen molar-refractivity contribution in [3.8, 4) is 0 Å². The van der Waals surface area contributed by atoms with Crippen molar-refractivity contribution < 1.29 is 22.8 Å². The number of primary amides is 1. The zero-order valence-electron chi connectivity index (χ0n) is 21.8. The Morgan fingerprint density at radius 1 is 1.11 bits per heavy atom. The quantitative estimate of drug-likeness (QED) is 0.450. The fourth-order valence-corrected chi connectivity index (χ4v) is 7.93. The van der Waals surface area contributed by atoms with Crippen LogP contribution in [-0.2, 0) is 23.0 Å². The lowest BCUT2D eigenvalue weighted by atomic mass is 9.96. The summed E-state index contributed by atoms with van der Waals surface area (Å²) in [6, 6.07) is 4.83. The van der Waals surface area contributed by atoms with Crippen molar-refractivity contribution in [1.29, 1.82) is 0 Å². The Balaban J connectivity index is 1.54. The molecule has 2 aliphatic rings. The number of hydrogen-bond acceptors (Lipinski definition) is 7. The first-order valence-corrected chi connectivity index (χ1v) is 15.2. The first kappa shape index (κ1) is 28.2. The molecule has 0 radical (unpaired) electrons. The number of imide groups is 1. The average Bonchev–Trinajstić information content (AvgIpc) is 3.25. The van der Waals surface area contributed by atoms with Gasteiger partial charge in [0.1, 0.15) is 5.00 Å². The standard InChI is InChI=1S/C26H35N5O5S2/c1-3-14-31-15-13-20-21(16-31)37-25(22(20)24(33)29-26(27)34)28-23(32)17-9-11-19(12-10-17)38(35,36)30(2)18-7-5-4-6-8-18/h9-12,18H,3-8,13-16H2,1-2H3,(H,28,32)(H3,27,29,33,34). The number of nitrogens with one attached hydrogen (secondary N) is 2. The number of amides is 4. The van der Waals surface area contributed by atoms with Crippen LogP contribution in [0.25, 0.3) is 0 Å². The normalized spacial score (nSPS) is 16.7. The molecule has 1 aliphatic heterocycles. The first-order chi connectivity index (χ1) is 18.1. The fraction of sp³-hybridized carbons (Fsp3) is 0.500. The maximum absolute atomic E-state index is 13.1. The van der Waals surface area contributed by atoms with Gasteiger partial charge in [0.15, 0.2) is 0 Å². The van der Waals surface area contributed by atoms with E-state index in [1.807, 2.05) is 0 Å². The van der Waals surface area contributed by atoms with Crippen molar-refractivity contribution in [2.75, 3.05) is 25.5 Å². The summed E-state index contributed by atoms with van der Waals surface area (Å²) < 4.78 is 27.7. The largest absolute Gasteiger partial charge is 0.351 e. The second-order valence-electron chi connectivity index (χ2n) is 9.84. The van der Waals surface area contributed by atoms with Gasteiger partial charge in [-0.05, 0) is 62.1 Å². The van der Waals surface area contributed by atoms with Crippen molar-refractivity contribution in [2.24, 2.45) is 5.73 Å². The number of benzene rings is 1. The van der Waals surface area contributed by atoms with Gasteiger partial charge in [0.2, 0.25) is 10.0 Å². The Morgan fingerprint density at radius 2 is 1.79 bits per heavy atom. The van der Waals surface area contributed by atoms with E-state index < -0.39 is 27.9 Å². The Morgan fingerprint density at radius 3 is 2.42 bits per heavy atom. The summed E-state index contributed by atoms with van der Waals surface area (Å²) >= 11 is 1.31. The summed E-state index contributed by atoms with van der Waals surface area (Å²) in [6.07, 6.45) is 6.49. The molecule has 1 fully saturated rings. The molecule has 0 unspecified atom stereocenters. The third-order valence-corrected chi connectivity index (χ3v) is 10.3. The van der Waals surface area contributed by atoms with Crippen molar-refractivity contribution in [3.05, 3.63) is 45.8 Å². The number of rotatable bonds is 8. The molecule has 1 aromatic carbocycles. The molecule has 2 aromatic rings. The van der Waals surface area contributed by atoms with Gasteiger partial charge in [-0.15, -0.1) is 11.3 Å². The molecule has 206 valence electrons. The van der Waals surface area contributed by atoms with Crippen LogP contribution in [0.2, 0.25) is 0 Å². The molecule has 0 bridgehead atoms. The monoisotopic (exact) mass is 561 g/mol. The SMILES string of the molecule is CCCN1CCc2c(sc(NC(=O)c3ccc(S(=O)(=O)N(C)C4CCCCC4)cc3)c2C(=O)NC(N)=O)C1. The van der Waals surface area contributed by atoms with Crippen LogP contribution in [0.1, 0.15) is 76.6 Å². The minimum Gasteiger partial charge on any atom is -0.351 e. The number of nitrogens with zero attached hydrogens (tertiary/aromatic N) is 2. The third-order valence-electron chi connectivity index (χ3n) is 7.25. The molecule has 4 rings (SSSR count). The summed E-state index contributed by atoms with van der Waals surface area (Å²) in [4.78, 5) is 40.7. The molecule has 0 spiro atoms. The highest BCUT2D eigenvalue weighted by molar-refractivity contribution is 7.89. The number of sulfonamides is 1. The number of urea groups is 1. The van der Waals surface area contributed by atoms with Gasteiger partial charge in [0.05, 0.1) is 10.5 Å². The summed E-state index contributed by atoms with van der Waals surface area (Å²) in [6.45, 7) is 4.45. The highest BCUT2D eigenvalue weighted by Crippen LogP contribution is 2.37. The van der Waals surface area contributed by atoms with E-state index in [1.165, 1.54) is 39.9 Å². The van der Waals surface area contributed by atoms with Crippen LogP contribution in [0.4, 0.5) is 9.80 Å². The second-order valence-corrected chi connectivity index (χ2v) is 12.9. The Bertz CT molecular complexity index is 1300. The van der Waals surface area contributed by atoms with Gasteiger partial charge >= 0.3 is 6.03 Å². The van der Waals surface area contributed by atoms with E-state index in [0.29, 0.717) is 18.0 Å². The lowest BCUT2D eigenvalue weighted by molar-refractivity contribution is 0.0965. The van der Waals surface area contributed by atoms with Crippen LogP contribution in [-0.4, -0.2) is 61.6 Å². The van der Waals surface area contributed by atoms with Crippen molar-refractivity contribution in [3.63, 3.8) is 0 Å². The molecule has 1 aromatic heterocycles. The minimum absolute atomic E-state index is 0.0141. The summed E-state index contributed by atoms with van der Waals surface area (Å²) in [5, 5.41) is 5.26. The van der Waals surface area contributed by atoms with E-state index in [4.69, 9.17) is 5.73 Å². The number of carbonyl (C=O) groups excluding carboxylic acids is 3. The highest BCUT2D eigenvalue weighted by atomic mass is 32.2. The number of hydrogen-bond donors (Lipinski definition) is 3. The van der Waals surface area contributed by atoms with Crippen LogP contribution in [0.3, 0.4) is 0 Å². The molecular weight excluding hydrogens is 526 g/mol. The lowest BCUT2D eigenvalue weighted by Crippen LogP contribution is -2.38. The van der Waals surface area contributed by atoms with Gasteiger partial charge in [0.25, 0.3) is 11.8 Å². The number of carbonyl (C=O) groups is 3. The van der Waals surface area contributed by atoms with E-state index in [1.54, 1.807) is 7.05 Å². The van der Waals surface area contributed by atoms with Gasteiger partial charge in [0, 0.05) is 36.6 Å². The molecule has 1 aliphatic carbocycles. The van der Waals surface area contributed by atoms with E-state index in [0.717, 1.165) is 62.1 Å². The smallest absolute Gasteiger partial charge is 0.319 e. The maximum atomic E-state index is 13.1. The van der Waals surface area contributed by atoms with Crippen LogP contribution in [0.15, 0.2) is 29.2 Å². The average molecular weight is 562 g/mol. The molecule has 0 saturated heterocycles. The zero-order chi connectivity index (χ0) is 27.4. The summed E-state index contributed by atoms with van der Waals surface area (Å²) in [7, 11) is -2.06. The topological polar surface area (TPSA) is 142 Å². The number of nitrogens with two attached hydrogens (primary N) is 1. The predicted molar refractivity (Wildman–Crippen MR) is 147 cm³/mol. The molecule has 0 atom stereocenters. The van der Waals surface area contributed by atoms with Gasteiger partial charge in [-0.2, -0.15) is 4.31 Å². The first-order valence-electron chi connectivity index (χ1n) is 13.0. The van der Waals surface area contributed by atoms with Gasteiger partial charge in [-0.3, -0.25) is 19.8 Å². The van der Waals surface area contributed by atoms with Crippen LogP contribution < -0.4 is 16.4 Å². The number of anilines is 1. The second kappa shape index (κ2) is 11.9. The molecule has 4 amide bonds. The van der Waals surface area contributed by atoms with E-state index >= 15 is 0 Å². The van der Waals surface area contributed by atoms with Gasteiger partial charge < -0.3 is 11.1 Å². The number of fused-ring (bicyclic) bond motifs is 1. The van der Waals surface area contributed by atoms with E-state index in [-0.39, 0.29) is 22.1 Å². The predicted octanol–water partition coefficient (Wildman–Crippen LogP) is 3.53. The Kier molecular flexibility index (Phi) is 8.86. The van der Waals surface area contributed by atoms with Gasteiger partial charge in [-0.25, -0.2) is 13.2 Å². The Labute approximate surface area is 227 Å². The summed E-state index contributed by atoms with van der Waals surface area (Å²) in [5.74, 6) is -1.13. The summed E-state index contributed by atoms with van der Waals surface area (Å²) in [5.41, 5.74) is 6.50. The van der Waals surface area contributed by atoms with Crippen LogP contribution >= 0.6 is 11.3 Å². The fourth-order valence-electron chi connectivity index (χ4n) is 5.23. The van der Waals surface area contributed by atoms with E-state index in [9.17, 15) is 22.8 Å². The van der Waals surface area contributed by atoms with Crippen molar-refractivity contribution in [2.45, 2.75) is 69.4 Å². The maximum Gasteiger partial charge on any atom is 0.319 e. The molecule has 12 heteroatoms.